The van der Waals surface area contributed by atoms with E-state index in [1.807, 2.05) is 12.2 Å². The highest BCUT2D eigenvalue weighted by molar-refractivity contribution is 7.47. The van der Waals surface area contributed by atoms with E-state index >= 15 is 0 Å². The third-order valence-corrected chi connectivity index (χ3v) is 20.5. The van der Waals surface area contributed by atoms with E-state index in [0.29, 0.717) is 25.7 Å². The molecule has 115 heavy (non-hydrogen) atoms. The van der Waals surface area contributed by atoms with Crippen LogP contribution in [-0.2, 0) is 55.8 Å². The number of aliphatic hydroxyl groups excluding tert-OH is 2. The van der Waals surface area contributed by atoms with Crippen LogP contribution >= 0.6 is 15.6 Å². The number of rotatable bonds is 84. The van der Waals surface area contributed by atoms with Crippen LogP contribution in [0.15, 0.2) is 182 Å². The van der Waals surface area contributed by atoms with E-state index in [9.17, 15) is 43.5 Å². The molecule has 656 valence electrons. The van der Waals surface area contributed by atoms with E-state index in [2.05, 4.69) is 191 Å². The maximum Gasteiger partial charge on any atom is 0.472 e. The number of phosphoric ester groups is 2. The first-order valence-corrected chi connectivity index (χ1v) is 48.1. The van der Waals surface area contributed by atoms with Crippen LogP contribution in [0.2, 0.25) is 0 Å². The number of phosphoric acid groups is 2. The van der Waals surface area contributed by atoms with Crippen LogP contribution in [0.4, 0.5) is 0 Å². The fraction of sp³-hybridized carbons (Fsp3) is 0.660. The third-order valence-electron chi connectivity index (χ3n) is 18.6. The first-order valence-electron chi connectivity index (χ1n) is 45.1. The van der Waals surface area contributed by atoms with E-state index in [1.165, 1.54) is 141 Å². The lowest BCUT2D eigenvalue weighted by atomic mass is 10.0. The first-order chi connectivity index (χ1) is 56.2. The molecule has 0 fully saturated rings. The van der Waals surface area contributed by atoms with Crippen LogP contribution in [-0.4, -0.2) is 95.9 Å². The highest BCUT2D eigenvalue weighted by Gasteiger charge is 2.29. The standard InChI is InChI=1S/C97H162O16P2/c1-4-7-10-13-16-19-22-25-28-31-33-35-37-39-41-42-43-44-45-46-47-48-50-52-53-55-57-60-62-65-68-71-74-77-80-83-95(100)107-86-92(98)87-109-114(103,104)110-88-93(99)89-111-115(105,106)112-91-94(113-97(102)85-82-79-76-73-70-67-64-59-30-27-24-21-18-15-12-9-6-3)90-108-96(101)84-81-78-75-72-69-66-63-61-58-56-54-51-49-40-38-36-34-32-29-26-23-20-17-14-11-8-5-2/h7-12,16-21,25-30,33-36,39-41,49,64,67,73,76,92-94,98-99H,4-6,13-15,22-24,31-32,37-38,42-48,50-63,65-66,68-72,74-75,77-91H2,1-3H3,(H,103,104)(H,105,106)/b10-7-,11-8-,12-9-,19-16-,20-17-,21-18-,28-25-,29-26-,30-27-,35-33-,36-34-,41-39-,49-40-,67-64-,76-73-. The zero-order chi connectivity index (χ0) is 83.6. The number of allylic oxidation sites excluding steroid dienone is 30. The van der Waals surface area contributed by atoms with Crippen molar-refractivity contribution in [2.24, 2.45) is 0 Å². The van der Waals surface area contributed by atoms with Crippen molar-refractivity contribution >= 4 is 33.6 Å². The van der Waals surface area contributed by atoms with E-state index in [1.54, 1.807) is 0 Å². The summed E-state index contributed by atoms with van der Waals surface area (Å²) >= 11 is 0. The van der Waals surface area contributed by atoms with Crippen molar-refractivity contribution < 1.29 is 75.8 Å². The Bertz CT molecular complexity index is 2820. The maximum atomic E-state index is 13.0. The van der Waals surface area contributed by atoms with Crippen molar-refractivity contribution in [3.8, 4) is 0 Å². The molecule has 0 aromatic carbocycles. The molecule has 0 heterocycles. The highest BCUT2D eigenvalue weighted by atomic mass is 31.2. The fourth-order valence-corrected chi connectivity index (χ4v) is 13.5. The SMILES string of the molecule is CC/C=C\C/C=C\C/C=C\C/C=C\C/C=C\CCCCCCCCCCCCCCCCCCCCCC(=O)OCC(O)COP(=O)(O)OCC(O)COP(=O)(O)OCC(COC(=O)CCCCCCCCCCCCC/C=C\C/C=C\C/C=C\C/C=C\C/C=C\CC)OC(=O)CCC/C=C\C/C=C\C/C=C\C/C=C\C/C=C\CC. The van der Waals surface area contributed by atoms with Gasteiger partial charge in [-0.3, -0.25) is 32.5 Å². The van der Waals surface area contributed by atoms with Crippen LogP contribution < -0.4 is 0 Å². The van der Waals surface area contributed by atoms with Gasteiger partial charge in [-0.2, -0.15) is 0 Å². The van der Waals surface area contributed by atoms with Gasteiger partial charge in [0, 0.05) is 19.3 Å². The Morgan fingerprint density at radius 3 is 0.713 bits per heavy atom. The summed E-state index contributed by atoms with van der Waals surface area (Å²) in [6.07, 6.45) is 115. The minimum absolute atomic E-state index is 0.0209. The van der Waals surface area contributed by atoms with E-state index in [-0.39, 0.29) is 19.3 Å². The minimum Gasteiger partial charge on any atom is -0.463 e. The monoisotopic (exact) mass is 1650 g/mol. The van der Waals surface area contributed by atoms with Gasteiger partial charge < -0.3 is 34.2 Å². The molecule has 0 bridgehead atoms. The lowest BCUT2D eigenvalue weighted by molar-refractivity contribution is -0.161. The predicted molar refractivity (Wildman–Crippen MR) is 481 cm³/mol. The number of hydrogen-bond acceptors (Lipinski definition) is 14. The summed E-state index contributed by atoms with van der Waals surface area (Å²) in [5.41, 5.74) is 0. The van der Waals surface area contributed by atoms with Crippen molar-refractivity contribution in [2.75, 3.05) is 39.6 Å². The highest BCUT2D eigenvalue weighted by Crippen LogP contribution is 2.45. The van der Waals surface area contributed by atoms with Crippen LogP contribution in [0.1, 0.15) is 355 Å². The molecule has 4 N–H and O–H groups in total. The Morgan fingerprint density at radius 2 is 0.443 bits per heavy atom. The molecule has 16 nitrogen and oxygen atoms in total. The number of carbonyl (C=O) groups is 3. The van der Waals surface area contributed by atoms with Crippen LogP contribution in [0.3, 0.4) is 0 Å². The molecular weight excluding hydrogens is 1480 g/mol. The molecule has 0 aromatic rings. The molecule has 0 spiro atoms. The van der Waals surface area contributed by atoms with Gasteiger partial charge in [0.05, 0.1) is 26.4 Å². The van der Waals surface area contributed by atoms with Crippen LogP contribution in [0.5, 0.6) is 0 Å². The first kappa shape index (κ1) is 110. The summed E-state index contributed by atoms with van der Waals surface area (Å²) in [5.74, 6) is -1.65. The van der Waals surface area contributed by atoms with Gasteiger partial charge in [-0.05, 0) is 148 Å². The van der Waals surface area contributed by atoms with Gasteiger partial charge in [-0.25, -0.2) is 9.13 Å². The van der Waals surface area contributed by atoms with Gasteiger partial charge in [0.2, 0.25) is 0 Å². The molecular formula is C97H162O16P2. The fourth-order valence-electron chi connectivity index (χ4n) is 11.9. The molecule has 18 heteroatoms. The van der Waals surface area contributed by atoms with Gasteiger partial charge in [-0.1, -0.05) is 370 Å². The van der Waals surface area contributed by atoms with E-state index in [0.717, 1.165) is 148 Å². The average Bonchev–Trinajstić information content (AvgIpc) is 0.926. The molecule has 0 saturated carbocycles. The van der Waals surface area contributed by atoms with Crippen molar-refractivity contribution in [3.05, 3.63) is 182 Å². The smallest absolute Gasteiger partial charge is 0.463 e. The number of unbranched alkanes of at least 4 members (excludes halogenated alkanes) is 31. The number of aliphatic hydroxyl groups is 2. The molecule has 0 aliphatic carbocycles. The molecule has 5 atom stereocenters. The van der Waals surface area contributed by atoms with Crippen molar-refractivity contribution in [1.82, 2.24) is 0 Å². The van der Waals surface area contributed by atoms with E-state index < -0.39 is 91.5 Å². The predicted octanol–water partition coefficient (Wildman–Crippen LogP) is 27.7. The Hall–Kier alpha value is -5.35. The Balaban J connectivity index is 4.50. The minimum atomic E-state index is -4.96. The van der Waals surface area contributed by atoms with Crippen LogP contribution in [0, 0.1) is 0 Å². The number of hydrogen-bond donors (Lipinski definition) is 4. The molecule has 0 aliphatic rings. The summed E-state index contributed by atoms with van der Waals surface area (Å²) in [6.45, 7) is 2.29. The third kappa shape index (κ3) is 89.3. The number of ether oxygens (including phenoxy) is 3. The molecule has 0 aromatic heterocycles. The molecule has 0 rings (SSSR count). The second-order valence-corrected chi connectivity index (χ2v) is 32.5. The number of carbonyl (C=O) groups excluding carboxylic acids is 3. The van der Waals surface area contributed by atoms with Crippen LogP contribution in [0.25, 0.3) is 0 Å². The van der Waals surface area contributed by atoms with Crippen molar-refractivity contribution in [2.45, 2.75) is 373 Å². The normalized spacial score (nSPS) is 14.7. The van der Waals surface area contributed by atoms with Gasteiger partial charge in [0.1, 0.15) is 25.4 Å². The average molecular weight is 1650 g/mol. The molecule has 0 saturated heterocycles. The quantitative estimate of drug-likeness (QED) is 0.0146. The summed E-state index contributed by atoms with van der Waals surface area (Å²) < 4.78 is 61.3. The zero-order valence-corrected chi connectivity index (χ0v) is 73.9. The van der Waals surface area contributed by atoms with Gasteiger partial charge in [-0.15, -0.1) is 0 Å². The van der Waals surface area contributed by atoms with Gasteiger partial charge >= 0.3 is 33.6 Å². The summed E-state index contributed by atoms with van der Waals surface area (Å²) in [6, 6.07) is 0. The molecule has 5 unspecified atom stereocenters. The maximum absolute atomic E-state index is 13.0. The Kier molecular flexibility index (Phi) is 83.9. The topological polar surface area (TPSA) is 231 Å². The zero-order valence-electron chi connectivity index (χ0n) is 72.1. The summed E-state index contributed by atoms with van der Waals surface area (Å²) in [7, 11) is -9.83. The summed E-state index contributed by atoms with van der Waals surface area (Å²) in [5, 5.41) is 20.7. The van der Waals surface area contributed by atoms with Gasteiger partial charge in [0.15, 0.2) is 6.10 Å². The van der Waals surface area contributed by atoms with Crippen molar-refractivity contribution in [3.63, 3.8) is 0 Å². The Morgan fingerprint density at radius 1 is 0.243 bits per heavy atom. The van der Waals surface area contributed by atoms with E-state index in [4.69, 9.17) is 32.3 Å². The second-order valence-electron chi connectivity index (χ2n) is 29.6. The number of esters is 3. The Labute approximate surface area is 700 Å². The molecule has 0 aliphatic heterocycles. The van der Waals surface area contributed by atoms with Crippen molar-refractivity contribution in [1.29, 1.82) is 0 Å². The van der Waals surface area contributed by atoms with Gasteiger partial charge in [0.25, 0.3) is 0 Å². The molecule has 0 radical (unpaired) electrons. The largest absolute Gasteiger partial charge is 0.472 e. The lowest BCUT2D eigenvalue weighted by Gasteiger charge is -2.21. The second kappa shape index (κ2) is 87.9. The lowest BCUT2D eigenvalue weighted by Crippen LogP contribution is -2.30. The summed E-state index contributed by atoms with van der Waals surface area (Å²) in [4.78, 5) is 58.9. The molecule has 0 amide bonds.